The number of ether oxygens (including phenoxy) is 2. The Labute approximate surface area is 205 Å². The number of benzene rings is 1. The minimum atomic E-state index is -3.38. The van der Waals surface area contributed by atoms with Crippen LogP contribution in [-0.2, 0) is 24.5 Å². The number of sulfonamides is 1. The van der Waals surface area contributed by atoms with E-state index in [0.29, 0.717) is 28.6 Å². The van der Waals surface area contributed by atoms with Gasteiger partial charge in [-0.1, -0.05) is 0 Å². The van der Waals surface area contributed by atoms with Crippen molar-refractivity contribution in [2.45, 2.75) is 19.1 Å². The van der Waals surface area contributed by atoms with Gasteiger partial charge in [0.1, 0.15) is 30.0 Å². The molecule has 1 saturated heterocycles. The number of methoxy groups -OCH3 is 1. The van der Waals surface area contributed by atoms with Crippen LogP contribution in [0.15, 0.2) is 41.2 Å². The minimum Gasteiger partial charge on any atom is -0.469 e. The second-order valence-corrected chi connectivity index (χ2v) is 13.2. The Morgan fingerprint density at radius 2 is 1.83 bits per heavy atom. The van der Waals surface area contributed by atoms with Crippen LogP contribution in [0.2, 0.25) is 0 Å². The van der Waals surface area contributed by atoms with Gasteiger partial charge in [0.05, 0.1) is 24.0 Å². The molecule has 13 heteroatoms. The van der Waals surface area contributed by atoms with E-state index in [0.717, 1.165) is 17.2 Å². The van der Waals surface area contributed by atoms with Gasteiger partial charge in [0.2, 0.25) is 15.9 Å². The van der Waals surface area contributed by atoms with E-state index in [1.54, 1.807) is 36.9 Å². The average molecular weight is 521 g/mol. The fourth-order valence-corrected chi connectivity index (χ4v) is 5.40. The van der Waals surface area contributed by atoms with Gasteiger partial charge in [-0.05, 0) is 36.8 Å². The standard InChI is InChI=1S/C22H28N6O5S2/c1-14-9-15(27-34(3,4)29)10-17-20(14)21(25-13-24-17)26-16-7-6-8-23-22(16)33-19-12-28(35(5,30)31)11-18(19)32-2/h6-10,13,18-19H,11-12H2,1-5H3,(H,24,25,26)/t18-,19-/m1/s1. The van der Waals surface area contributed by atoms with Crippen LogP contribution in [0.4, 0.5) is 17.2 Å². The molecule has 0 amide bonds. The number of fused-ring (bicyclic) bond motifs is 1. The summed E-state index contributed by atoms with van der Waals surface area (Å²) in [5.74, 6) is 0.834. The Balaban J connectivity index is 1.66. The highest BCUT2D eigenvalue weighted by atomic mass is 32.2. The van der Waals surface area contributed by atoms with Gasteiger partial charge in [0.15, 0.2) is 0 Å². The summed E-state index contributed by atoms with van der Waals surface area (Å²) < 4.78 is 53.4. The highest BCUT2D eigenvalue weighted by molar-refractivity contribution is 7.92. The molecular weight excluding hydrogens is 492 g/mol. The number of nitrogens with one attached hydrogen (secondary N) is 1. The van der Waals surface area contributed by atoms with Crippen LogP contribution in [0.1, 0.15) is 5.56 Å². The SMILES string of the molecule is CO[C@@H]1CN(S(C)(=O)=O)C[C@H]1Oc1ncccc1Nc1ncnc2cc(N=S(C)(C)=O)cc(C)c12. The van der Waals surface area contributed by atoms with Gasteiger partial charge in [0.25, 0.3) is 0 Å². The topological polar surface area (TPSA) is 136 Å². The van der Waals surface area contributed by atoms with Crippen molar-refractivity contribution in [1.29, 1.82) is 0 Å². The van der Waals surface area contributed by atoms with E-state index in [1.807, 2.05) is 13.0 Å². The summed E-state index contributed by atoms with van der Waals surface area (Å²) in [6.07, 6.45) is 6.38. The smallest absolute Gasteiger partial charge is 0.238 e. The molecule has 2 aromatic heterocycles. The van der Waals surface area contributed by atoms with Crippen LogP contribution in [0.5, 0.6) is 5.88 Å². The quantitative estimate of drug-likeness (QED) is 0.498. The first kappa shape index (κ1) is 25.2. The van der Waals surface area contributed by atoms with Crippen LogP contribution in [-0.4, -0.2) is 83.1 Å². The Hall–Kier alpha value is -2.87. The molecule has 0 unspecified atom stereocenters. The van der Waals surface area contributed by atoms with E-state index in [4.69, 9.17) is 9.47 Å². The lowest BCUT2D eigenvalue weighted by molar-refractivity contribution is 0.0327. The normalized spacial score (nSPS) is 19.1. The Kier molecular flexibility index (Phi) is 6.95. The summed E-state index contributed by atoms with van der Waals surface area (Å²) in [5.41, 5.74) is 2.65. The maximum absolute atomic E-state index is 12.1. The molecule has 0 radical (unpaired) electrons. The molecule has 4 rings (SSSR count). The Morgan fingerprint density at radius 3 is 2.51 bits per heavy atom. The number of hydrogen-bond acceptors (Lipinski definition) is 10. The molecule has 1 aromatic carbocycles. The number of aromatic nitrogens is 3. The first-order valence-electron chi connectivity index (χ1n) is 10.7. The molecule has 3 heterocycles. The highest BCUT2D eigenvalue weighted by Gasteiger charge is 2.39. The zero-order valence-corrected chi connectivity index (χ0v) is 21.8. The van der Waals surface area contributed by atoms with Crippen LogP contribution in [0, 0.1) is 6.92 Å². The summed E-state index contributed by atoms with van der Waals surface area (Å²) >= 11 is 0. The molecule has 2 atom stereocenters. The third-order valence-corrected chi connectivity index (χ3v) is 7.37. The van der Waals surface area contributed by atoms with Gasteiger partial charge in [-0.15, -0.1) is 0 Å². The molecule has 0 spiro atoms. The summed E-state index contributed by atoms with van der Waals surface area (Å²) in [5, 5.41) is 4.05. The number of pyridine rings is 1. The summed E-state index contributed by atoms with van der Waals surface area (Å²) in [4.78, 5) is 13.1. The largest absolute Gasteiger partial charge is 0.469 e. The van der Waals surface area contributed by atoms with E-state index < -0.39 is 32.0 Å². The van der Waals surface area contributed by atoms with Gasteiger partial charge in [-0.2, -0.15) is 8.67 Å². The maximum Gasteiger partial charge on any atom is 0.238 e. The van der Waals surface area contributed by atoms with E-state index in [2.05, 4.69) is 24.6 Å². The van der Waals surface area contributed by atoms with Crippen LogP contribution < -0.4 is 10.1 Å². The number of hydrogen-bond donors (Lipinski definition) is 1. The van der Waals surface area contributed by atoms with Crippen LogP contribution in [0.25, 0.3) is 10.9 Å². The molecular formula is C22H28N6O5S2. The van der Waals surface area contributed by atoms with E-state index in [-0.39, 0.29) is 13.1 Å². The number of aryl methyl sites for hydroxylation is 1. The highest BCUT2D eigenvalue weighted by Crippen LogP contribution is 2.33. The maximum atomic E-state index is 12.1. The van der Waals surface area contributed by atoms with Crippen molar-refractivity contribution in [3.63, 3.8) is 0 Å². The first-order valence-corrected chi connectivity index (χ1v) is 14.9. The van der Waals surface area contributed by atoms with Crippen LogP contribution >= 0.6 is 0 Å². The van der Waals surface area contributed by atoms with Crippen LogP contribution in [0.3, 0.4) is 0 Å². The molecule has 0 saturated carbocycles. The molecule has 3 aromatic rings. The Morgan fingerprint density at radius 1 is 1.09 bits per heavy atom. The molecule has 1 aliphatic heterocycles. The van der Waals surface area contributed by atoms with Gasteiger partial charge >= 0.3 is 0 Å². The average Bonchev–Trinajstić information content (AvgIpc) is 3.17. The van der Waals surface area contributed by atoms with Gasteiger partial charge in [-0.3, -0.25) is 0 Å². The summed E-state index contributed by atoms with van der Waals surface area (Å²) in [7, 11) is -4.17. The monoisotopic (exact) mass is 520 g/mol. The van der Waals surface area contributed by atoms with Crippen molar-refractivity contribution in [2.24, 2.45) is 4.36 Å². The zero-order chi connectivity index (χ0) is 25.4. The van der Waals surface area contributed by atoms with Crippen molar-refractivity contribution in [3.05, 3.63) is 42.4 Å². The molecule has 1 N–H and O–H groups in total. The van der Waals surface area contributed by atoms with Gasteiger partial charge in [0, 0.05) is 47.5 Å². The van der Waals surface area contributed by atoms with Crippen molar-refractivity contribution >= 4 is 47.8 Å². The predicted octanol–water partition coefficient (Wildman–Crippen LogP) is 2.47. The fraction of sp³-hybridized carbons (Fsp3) is 0.409. The Bertz CT molecular complexity index is 1480. The lowest BCUT2D eigenvalue weighted by Gasteiger charge is -2.20. The minimum absolute atomic E-state index is 0.160. The summed E-state index contributed by atoms with van der Waals surface area (Å²) in [6, 6.07) is 7.16. The van der Waals surface area contributed by atoms with Crippen molar-refractivity contribution in [1.82, 2.24) is 19.3 Å². The molecule has 1 fully saturated rings. The predicted molar refractivity (Wildman–Crippen MR) is 136 cm³/mol. The molecule has 1 aliphatic rings. The molecule has 11 nitrogen and oxygen atoms in total. The fourth-order valence-electron chi connectivity index (χ4n) is 3.95. The lowest BCUT2D eigenvalue weighted by atomic mass is 10.1. The molecule has 0 aliphatic carbocycles. The van der Waals surface area contributed by atoms with Crippen molar-refractivity contribution < 1.29 is 22.1 Å². The zero-order valence-electron chi connectivity index (χ0n) is 20.1. The van der Waals surface area contributed by atoms with Gasteiger partial charge < -0.3 is 14.8 Å². The number of rotatable bonds is 7. The molecule has 35 heavy (non-hydrogen) atoms. The molecule has 188 valence electrons. The number of nitrogens with zero attached hydrogens (tertiary/aromatic N) is 5. The van der Waals surface area contributed by atoms with E-state index in [1.165, 1.54) is 17.7 Å². The second kappa shape index (κ2) is 9.64. The summed E-state index contributed by atoms with van der Waals surface area (Å²) in [6.45, 7) is 2.28. The third kappa shape index (κ3) is 5.86. The second-order valence-electron chi connectivity index (χ2n) is 8.64. The lowest BCUT2D eigenvalue weighted by Crippen LogP contribution is -2.32. The van der Waals surface area contributed by atoms with Gasteiger partial charge in [-0.25, -0.2) is 27.6 Å². The van der Waals surface area contributed by atoms with Crippen molar-refractivity contribution in [3.8, 4) is 5.88 Å². The molecule has 0 bridgehead atoms. The van der Waals surface area contributed by atoms with E-state index in [9.17, 15) is 12.6 Å². The first-order chi connectivity index (χ1) is 16.4. The van der Waals surface area contributed by atoms with Crippen molar-refractivity contribution in [2.75, 3.05) is 44.3 Å². The number of anilines is 2. The third-order valence-electron chi connectivity index (χ3n) is 5.49. The van der Waals surface area contributed by atoms with E-state index >= 15 is 0 Å².